The van der Waals surface area contributed by atoms with Crippen LogP contribution in [0.1, 0.15) is 25.2 Å². The fourth-order valence-corrected chi connectivity index (χ4v) is 2.66. The number of nitrogens with two attached hydrogens (primary N) is 1. The van der Waals surface area contributed by atoms with Crippen LogP contribution in [-0.4, -0.2) is 20.8 Å². The summed E-state index contributed by atoms with van der Waals surface area (Å²) in [6, 6.07) is 8.32. The molecule has 1 atom stereocenters. The molecule has 0 fully saturated rings. The molecule has 0 bridgehead atoms. The first-order valence-electron chi connectivity index (χ1n) is 6.91. The number of rotatable bonds is 6. The van der Waals surface area contributed by atoms with Crippen LogP contribution in [0.15, 0.2) is 35.1 Å². The molecule has 1 aromatic carbocycles. The minimum atomic E-state index is 0.0550. The van der Waals surface area contributed by atoms with E-state index in [0.29, 0.717) is 5.92 Å². The van der Waals surface area contributed by atoms with E-state index < -0.39 is 0 Å². The Kier molecular flexibility index (Phi) is 5.31. The normalized spacial score (nSPS) is 12.8. The second-order valence-corrected chi connectivity index (χ2v) is 6.47. The molecule has 1 aromatic heterocycles. The van der Waals surface area contributed by atoms with Gasteiger partial charge in [-0.2, -0.15) is 5.10 Å². The van der Waals surface area contributed by atoms with Crippen molar-refractivity contribution >= 4 is 15.9 Å². The highest BCUT2D eigenvalue weighted by Crippen LogP contribution is 2.14. The maximum atomic E-state index is 6.25. The minimum Gasteiger partial charge on any atom is -0.327 e. The molecule has 108 valence electrons. The largest absolute Gasteiger partial charge is 0.327 e. The van der Waals surface area contributed by atoms with Crippen molar-refractivity contribution in [3.63, 3.8) is 0 Å². The summed E-state index contributed by atoms with van der Waals surface area (Å²) in [6.45, 7) is 5.23. The molecule has 2 rings (SSSR count). The van der Waals surface area contributed by atoms with Gasteiger partial charge < -0.3 is 5.73 Å². The Morgan fingerprint density at radius 2 is 2.10 bits per heavy atom. The molecule has 2 aromatic rings. The van der Waals surface area contributed by atoms with Gasteiger partial charge in [0, 0.05) is 23.5 Å². The topological polar surface area (TPSA) is 56.7 Å². The number of hydrogen-bond donors (Lipinski definition) is 1. The fourth-order valence-electron chi connectivity index (χ4n) is 2.22. The van der Waals surface area contributed by atoms with E-state index in [4.69, 9.17) is 5.73 Å². The van der Waals surface area contributed by atoms with Gasteiger partial charge in [0.25, 0.3) is 0 Å². The monoisotopic (exact) mass is 336 g/mol. The molecule has 0 saturated heterocycles. The Hall–Kier alpha value is -1.20. The first kappa shape index (κ1) is 15.2. The molecule has 2 N–H and O–H groups in total. The fraction of sp³-hybridized carbons (Fsp3) is 0.467. The third-order valence-electron chi connectivity index (χ3n) is 3.07. The molecule has 0 saturated carbocycles. The van der Waals surface area contributed by atoms with Crippen LogP contribution in [0.3, 0.4) is 0 Å². The zero-order valence-electron chi connectivity index (χ0n) is 12.0. The quantitative estimate of drug-likeness (QED) is 0.882. The van der Waals surface area contributed by atoms with Crippen molar-refractivity contribution in [2.45, 2.75) is 39.3 Å². The Labute approximate surface area is 128 Å². The number of hydrogen-bond acceptors (Lipinski definition) is 3. The second kappa shape index (κ2) is 6.99. The van der Waals surface area contributed by atoms with Crippen molar-refractivity contribution < 1.29 is 0 Å². The first-order valence-corrected chi connectivity index (χ1v) is 7.70. The van der Waals surface area contributed by atoms with Gasteiger partial charge in [0.15, 0.2) is 0 Å². The molecular formula is C15H21BrN4. The lowest BCUT2D eigenvalue weighted by atomic mass is 10.0. The summed E-state index contributed by atoms with van der Waals surface area (Å²) in [7, 11) is 0. The standard InChI is InChI=1S/C15H21BrN4/c1-11(2)9-20-15(18-10-19-20)8-14(17)7-12-4-3-5-13(16)6-12/h3-6,10-11,14H,7-9,17H2,1-2H3. The summed E-state index contributed by atoms with van der Waals surface area (Å²) >= 11 is 3.48. The Morgan fingerprint density at radius 3 is 2.80 bits per heavy atom. The summed E-state index contributed by atoms with van der Waals surface area (Å²) in [6.07, 6.45) is 3.21. The van der Waals surface area contributed by atoms with Gasteiger partial charge in [-0.1, -0.05) is 41.9 Å². The van der Waals surface area contributed by atoms with E-state index in [9.17, 15) is 0 Å². The van der Waals surface area contributed by atoms with Crippen LogP contribution in [0.2, 0.25) is 0 Å². The molecule has 20 heavy (non-hydrogen) atoms. The maximum Gasteiger partial charge on any atom is 0.138 e. The summed E-state index contributed by atoms with van der Waals surface area (Å²) < 4.78 is 3.05. The van der Waals surface area contributed by atoms with Crippen molar-refractivity contribution in [3.05, 3.63) is 46.5 Å². The molecular weight excluding hydrogens is 316 g/mol. The Morgan fingerprint density at radius 1 is 1.30 bits per heavy atom. The van der Waals surface area contributed by atoms with Gasteiger partial charge in [0.2, 0.25) is 0 Å². The van der Waals surface area contributed by atoms with Crippen molar-refractivity contribution in [2.75, 3.05) is 0 Å². The van der Waals surface area contributed by atoms with E-state index in [1.165, 1.54) is 5.56 Å². The number of nitrogens with zero attached hydrogens (tertiary/aromatic N) is 3. The van der Waals surface area contributed by atoms with E-state index in [1.54, 1.807) is 6.33 Å². The number of aromatic nitrogens is 3. The van der Waals surface area contributed by atoms with Crippen LogP contribution < -0.4 is 5.73 Å². The van der Waals surface area contributed by atoms with Gasteiger partial charge in [0.1, 0.15) is 12.2 Å². The average molecular weight is 337 g/mol. The highest BCUT2D eigenvalue weighted by molar-refractivity contribution is 9.10. The zero-order valence-corrected chi connectivity index (χ0v) is 13.5. The molecule has 0 spiro atoms. The van der Waals surface area contributed by atoms with Crippen molar-refractivity contribution in [1.82, 2.24) is 14.8 Å². The van der Waals surface area contributed by atoms with E-state index in [-0.39, 0.29) is 6.04 Å². The highest BCUT2D eigenvalue weighted by atomic mass is 79.9. The first-order chi connectivity index (χ1) is 9.54. The third-order valence-corrected chi connectivity index (χ3v) is 3.56. The van der Waals surface area contributed by atoms with Crippen LogP contribution >= 0.6 is 15.9 Å². The lowest BCUT2D eigenvalue weighted by Crippen LogP contribution is -2.27. The van der Waals surface area contributed by atoms with Crippen molar-refractivity contribution in [3.8, 4) is 0 Å². The summed E-state index contributed by atoms with van der Waals surface area (Å²) in [5.74, 6) is 1.53. The zero-order chi connectivity index (χ0) is 14.5. The van der Waals surface area contributed by atoms with E-state index in [0.717, 1.165) is 29.7 Å². The molecule has 0 amide bonds. The molecule has 1 heterocycles. The van der Waals surface area contributed by atoms with Gasteiger partial charge in [-0.15, -0.1) is 0 Å². The van der Waals surface area contributed by atoms with Crippen molar-refractivity contribution in [1.29, 1.82) is 0 Å². The van der Waals surface area contributed by atoms with Gasteiger partial charge in [-0.25, -0.2) is 9.67 Å². The molecule has 0 aliphatic rings. The average Bonchev–Trinajstić information content (AvgIpc) is 2.75. The van der Waals surface area contributed by atoms with E-state index in [2.05, 4.69) is 52.0 Å². The highest BCUT2D eigenvalue weighted by Gasteiger charge is 2.12. The Balaban J connectivity index is 1.98. The molecule has 0 aliphatic heterocycles. The van der Waals surface area contributed by atoms with Crippen molar-refractivity contribution in [2.24, 2.45) is 11.7 Å². The van der Waals surface area contributed by atoms with Gasteiger partial charge in [-0.05, 0) is 30.0 Å². The van der Waals surface area contributed by atoms with Gasteiger partial charge in [0.05, 0.1) is 0 Å². The van der Waals surface area contributed by atoms with Gasteiger partial charge in [-0.3, -0.25) is 0 Å². The van der Waals surface area contributed by atoms with Crippen LogP contribution in [-0.2, 0) is 19.4 Å². The second-order valence-electron chi connectivity index (χ2n) is 5.55. The predicted molar refractivity (Wildman–Crippen MR) is 84.4 cm³/mol. The predicted octanol–water partition coefficient (Wildman–Crippen LogP) is 2.81. The molecule has 5 heteroatoms. The maximum absolute atomic E-state index is 6.25. The molecule has 0 aliphatic carbocycles. The van der Waals surface area contributed by atoms with E-state index >= 15 is 0 Å². The van der Waals surface area contributed by atoms with Crippen LogP contribution in [0.5, 0.6) is 0 Å². The summed E-state index contributed by atoms with van der Waals surface area (Å²) in [4.78, 5) is 4.33. The Bertz CT molecular complexity index is 550. The lowest BCUT2D eigenvalue weighted by Gasteiger charge is -2.13. The molecule has 1 unspecified atom stereocenters. The molecule has 4 nitrogen and oxygen atoms in total. The number of halogens is 1. The summed E-state index contributed by atoms with van der Waals surface area (Å²) in [5, 5.41) is 4.27. The molecule has 0 radical (unpaired) electrons. The van der Waals surface area contributed by atoms with Gasteiger partial charge >= 0.3 is 0 Å². The summed E-state index contributed by atoms with van der Waals surface area (Å²) in [5.41, 5.74) is 7.49. The van der Waals surface area contributed by atoms with Crippen LogP contribution in [0, 0.1) is 5.92 Å². The van der Waals surface area contributed by atoms with Crippen LogP contribution in [0.4, 0.5) is 0 Å². The number of benzene rings is 1. The minimum absolute atomic E-state index is 0.0550. The smallest absolute Gasteiger partial charge is 0.138 e. The third kappa shape index (κ3) is 4.42. The van der Waals surface area contributed by atoms with E-state index in [1.807, 2.05) is 16.8 Å². The lowest BCUT2D eigenvalue weighted by molar-refractivity contribution is 0.457. The van der Waals surface area contributed by atoms with Crippen LogP contribution in [0.25, 0.3) is 0 Å². The SMILES string of the molecule is CC(C)Cn1ncnc1CC(N)Cc1cccc(Br)c1.